The second-order valence-electron chi connectivity index (χ2n) is 27.9. The van der Waals surface area contributed by atoms with Crippen LogP contribution in [0.5, 0.6) is 0 Å². The van der Waals surface area contributed by atoms with Crippen molar-refractivity contribution in [2.24, 2.45) is 43.6 Å². The smallest absolute Gasteiger partial charge is 0.252 e. The van der Waals surface area contributed by atoms with Gasteiger partial charge in [-0.15, -0.1) is 0 Å². The molecule has 5 heterocycles. The molecule has 3 saturated carbocycles. The number of aliphatic imine (C=N–C) groups is 4. The zero-order chi connectivity index (χ0) is 70.0. The van der Waals surface area contributed by atoms with E-state index >= 15 is 0 Å². The number of halogens is 5. The summed E-state index contributed by atoms with van der Waals surface area (Å²) in [6.45, 7) is 15.2. The molecule has 99 heavy (non-hydrogen) atoms. The minimum atomic E-state index is -0.605. The molecule has 1 unspecified atom stereocenters. The number of carbonyl (C=O) groups is 4. The van der Waals surface area contributed by atoms with Gasteiger partial charge in [-0.2, -0.15) is 0 Å². The lowest BCUT2D eigenvalue weighted by molar-refractivity contribution is -0.128. The second-order valence-corrected chi connectivity index (χ2v) is 28.7. The Bertz CT molecular complexity index is 3530. The average Bonchev–Trinajstić information content (AvgIpc) is 1.87. The third kappa shape index (κ3) is 23.7. The molecule has 3 aliphatic carbocycles. The number of ether oxygens (including phenoxy) is 1. The van der Waals surface area contributed by atoms with Crippen LogP contribution in [0.4, 0.5) is 13.2 Å². The van der Waals surface area contributed by atoms with Crippen LogP contribution in [0.2, 0.25) is 10.0 Å². The van der Waals surface area contributed by atoms with Gasteiger partial charge in [-0.05, 0) is 156 Å². The van der Waals surface area contributed by atoms with Crippen LogP contribution in [0.1, 0.15) is 172 Å². The Labute approximate surface area is 595 Å². The predicted octanol–water partition coefficient (Wildman–Crippen LogP) is 17.3. The molecule has 4 aromatic carbocycles. The monoisotopic (exact) mass is 1390 g/mol. The van der Waals surface area contributed by atoms with Crippen LogP contribution in [0, 0.1) is 41.1 Å². The molecule has 530 valence electrons. The molecular formula is C81H101Cl2F3N8O5. The zero-order valence-corrected chi connectivity index (χ0v) is 60.1. The van der Waals surface area contributed by atoms with Crippen molar-refractivity contribution in [2.45, 2.75) is 176 Å². The Morgan fingerprint density at radius 2 is 0.707 bits per heavy atom. The average molecular weight is 1390 g/mol. The zero-order valence-electron chi connectivity index (χ0n) is 58.6. The summed E-state index contributed by atoms with van der Waals surface area (Å²) in [5.74, 6) is 1.15. The summed E-state index contributed by atoms with van der Waals surface area (Å²) >= 11 is 12.6. The van der Waals surface area contributed by atoms with Crippen molar-refractivity contribution >= 4 is 69.7 Å². The van der Waals surface area contributed by atoms with Crippen LogP contribution in [0.25, 0.3) is 0 Å². The van der Waals surface area contributed by atoms with Gasteiger partial charge < -0.3 is 24.3 Å². The van der Waals surface area contributed by atoms with Gasteiger partial charge in [0, 0.05) is 125 Å². The summed E-state index contributed by atoms with van der Waals surface area (Å²) in [5.41, 5.74) is 8.97. The molecule has 18 heteroatoms. The molecule has 4 amide bonds. The van der Waals surface area contributed by atoms with E-state index in [1.54, 1.807) is 23.1 Å². The Morgan fingerprint density at radius 1 is 0.394 bits per heavy atom. The first-order valence-electron chi connectivity index (χ1n) is 36.2. The van der Waals surface area contributed by atoms with Gasteiger partial charge in [0.2, 0.25) is 0 Å². The second kappa shape index (κ2) is 39.1. The molecule has 12 rings (SSSR count). The molecule has 1 atom stereocenters. The summed E-state index contributed by atoms with van der Waals surface area (Å²) < 4.78 is 47.7. The van der Waals surface area contributed by atoms with Crippen molar-refractivity contribution in [2.75, 3.05) is 65.6 Å². The Morgan fingerprint density at radius 3 is 1.05 bits per heavy atom. The standard InChI is InChI=1S/C21H27FN2O.C20H25ClN2O2.C20H25ClN2O.C20H24F2N2O/c1-16-13-19(14-23-16)21(25)24(12-11-17-7-3-2-4-8-17)15-18-9-5-6-10-20(18)22;1-15-11-18(12-22-15)20(24)23(9-8-16-5-4-10-25-14-16)13-17-6-2-3-7-19(17)21;1-15-12-18(13-22-15)20(24)23(11-10-16-6-2-3-7-16)14-17-8-4-5-9-19(17)21;1-14-11-16(12-23-14)20(25)24(10-9-15-5-2-3-6-15)13-17-18(21)7-4-8-19(17)22/h5-6,9-10,13,17H,2-4,7-8,11-12,14-15H2,1H3;2-3,6-7,11,16H,4-5,8-10,12-14H2,1H3;4-5,8-9,12,16H,2-3,6-7,10-11,13-14H2,1H3;4,7-8,11,15H,2-3,5-6,9-10,12-13H2,1H3. The molecule has 5 aliphatic heterocycles. The number of benzene rings is 4. The molecule has 0 bridgehead atoms. The Kier molecular flexibility index (Phi) is 30.0. The van der Waals surface area contributed by atoms with E-state index in [4.69, 9.17) is 27.9 Å². The van der Waals surface area contributed by atoms with Crippen LogP contribution >= 0.6 is 23.2 Å². The van der Waals surface area contributed by atoms with E-state index in [2.05, 4.69) is 20.0 Å². The molecule has 4 aromatic rings. The first kappa shape index (κ1) is 75.9. The van der Waals surface area contributed by atoms with Crippen LogP contribution in [-0.4, -0.2) is 132 Å². The fourth-order valence-electron chi connectivity index (χ4n) is 14.4. The van der Waals surface area contributed by atoms with Crippen LogP contribution in [-0.2, 0) is 50.1 Å². The van der Waals surface area contributed by atoms with E-state index in [1.807, 2.05) is 115 Å². The summed E-state index contributed by atoms with van der Waals surface area (Å²) in [6.07, 6.45) is 30.2. The van der Waals surface area contributed by atoms with Gasteiger partial charge in [-0.25, -0.2) is 13.2 Å². The van der Waals surface area contributed by atoms with Crippen molar-refractivity contribution in [1.29, 1.82) is 0 Å². The van der Waals surface area contributed by atoms with Crippen LogP contribution < -0.4 is 0 Å². The van der Waals surface area contributed by atoms with Crippen molar-refractivity contribution < 1.29 is 37.1 Å². The normalized spacial score (nSPS) is 18.4. The first-order chi connectivity index (χ1) is 47.9. The van der Waals surface area contributed by atoms with E-state index < -0.39 is 11.6 Å². The first-order valence-corrected chi connectivity index (χ1v) is 36.9. The maximum atomic E-state index is 14.1. The lowest BCUT2D eigenvalue weighted by atomic mass is 9.87. The Hall–Kier alpha value is -7.27. The highest BCUT2D eigenvalue weighted by molar-refractivity contribution is 6.31. The molecular weight excluding hydrogens is 1290 g/mol. The summed E-state index contributed by atoms with van der Waals surface area (Å²) in [6, 6.07) is 26.1. The predicted molar refractivity (Wildman–Crippen MR) is 394 cm³/mol. The maximum absolute atomic E-state index is 14.1. The van der Waals surface area contributed by atoms with Crippen LogP contribution in [0.15, 0.2) is 158 Å². The van der Waals surface area contributed by atoms with E-state index in [0.717, 1.165) is 113 Å². The van der Waals surface area contributed by atoms with Gasteiger partial charge in [0.25, 0.3) is 23.6 Å². The largest absolute Gasteiger partial charge is 0.381 e. The SMILES string of the molecule is CC1=NCC(C(=O)N(CCC2CCCC2)Cc2c(F)cccc2F)=C1.CC1=NCC(C(=O)N(CCC2CCCC2)Cc2ccccc2Cl)=C1.CC1=NCC(C(=O)N(CCC2CCCCC2)Cc2ccccc2F)=C1.CC1=NCC(C(=O)N(CCC2CCCOC2)Cc2ccccc2Cl)=C1. The lowest BCUT2D eigenvalue weighted by Gasteiger charge is -2.28. The van der Waals surface area contributed by atoms with Gasteiger partial charge in [0.05, 0.1) is 32.7 Å². The molecule has 4 fully saturated rings. The van der Waals surface area contributed by atoms with Crippen molar-refractivity contribution in [3.63, 3.8) is 0 Å². The van der Waals surface area contributed by atoms with Gasteiger partial charge in [0.1, 0.15) is 17.5 Å². The summed E-state index contributed by atoms with van der Waals surface area (Å²) in [5, 5.41) is 1.43. The highest BCUT2D eigenvalue weighted by Gasteiger charge is 2.29. The minimum Gasteiger partial charge on any atom is -0.381 e. The van der Waals surface area contributed by atoms with Gasteiger partial charge in [-0.1, -0.05) is 167 Å². The number of allylic oxidation sites excluding steroid dienone is 4. The van der Waals surface area contributed by atoms with Gasteiger partial charge >= 0.3 is 0 Å². The van der Waals surface area contributed by atoms with E-state index in [9.17, 15) is 32.3 Å². The molecule has 8 aliphatic rings. The maximum Gasteiger partial charge on any atom is 0.252 e. The van der Waals surface area contributed by atoms with Crippen LogP contribution in [0.3, 0.4) is 0 Å². The molecule has 0 radical (unpaired) electrons. The van der Waals surface area contributed by atoms with Crippen molar-refractivity contribution in [3.05, 3.63) is 187 Å². The number of rotatable bonds is 24. The number of nitrogens with zero attached hydrogens (tertiary/aromatic N) is 8. The highest BCUT2D eigenvalue weighted by atomic mass is 35.5. The number of carbonyl (C=O) groups excluding carboxylic acids is 4. The lowest BCUT2D eigenvalue weighted by Crippen LogP contribution is -2.35. The number of hydrogen-bond donors (Lipinski definition) is 0. The topological polar surface area (TPSA) is 140 Å². The quantitative estimate of drug-likeness (QED) is 0.0687. The molecule has 1 saturated heterocycles. The van der Waals surface area contributed by atoms with E-state index in [-0.39, 0.29) is 41.6 Å². The van der Waals surface area contributed by atoms with E-state index in [1.165, 1.54) is 114 Å². The third-order valence-electron chi connectivity index (χ3n) is 20.3. The van der Waals surface area contributed by atoms with Crippen molar-refractivity contribution in [1.82, 2.24) is 19.6 Å². The number of amides is 4. The molecule has 0 aromatic heterocycles. The fourth-order valence-corrected chi connectivity index (χ4v) is 14.8. The fraction of sp³-hybridized carbons (Fsp3) is 0.506. The summed E-state index contributed by atoms with van der Waals surface area (Å²) in [7, 11) is 0. The third-order valence-corrected chi connectivity index (χ3v) is 21.0. The number of hydrogen-bond acceptors (Lipinski definition) is 9. The molecule has 0 spiro atoms. The van der Waals surface area contributed by atoms with Gasteiger partial charge in [-0.3, -0.25) is 39.1 Å². The summed E-state index contributed by atoms with van der Waals surface area (Å²) in [4.78, 5) is 76.2. The van der Waals surface area contributed by atoms with Gasteiger partial charge in [0.15, 0.2) is 0 Å². The minimum absolute atomic E-state index is 0.000312. The van der Waals surface area contributed by atoms with Crippen molar-refractivity contribution in [3.8, 4) is 0 Å². The molecule has 13 nitrogen and oxygen atoms in total. The Balaban J connectivity index is 0.000000154. The highest BCUT2D eigenvalue weighted by Crippen LogP contribution is 2.32. The van der Waals surface area contributed by atoms with E-state index in [0.29, 0.717) is 99.4 Å². The molecule has 0 N–H and O–H groups in total.